The predicted octanol–water partition coefficient (Wildman–Crippen LogP) is 2.37. The van der Waals surface area contributed by atoms with Gasteiger partial charge in [-0.1, -0.05) is 25.7 Å². The van der Waals surface area contributed by atoms with Crippen molar-refractivity contribution in [1.29, 1.82) is 0 Å². The van der Waals surface area contributed by atoms with Crippen LogP contribution in [0.3, 0.4) is 0 Å². The van der Waals surface area contributed by atoms with Crippen LogP contribution in [0.1, 0.15) is 25.7 Å². The Balaban J connectivity index is 2.24. The topological polar surface area (TPSA) is 20.2 Å². The van der Waals surface area contributed by atoms with Crippen LogP contribution in [0.25, 0.3) is 0 Å². The highest BCUT2D eigenvalue weighted by Gasteiger charge is 2.25. The largest absolute Gasteiger partial charge is 0.432 e. The molecule has 1 saturated carbocycles. The van der Waals surface area contributed by atoms with E-state index in [9.17, 15) is 4.80 Å². The molecule has 0 radical (unpaired) electrons. The highest BCUT2D eigenvalue weighted by atomic mass is 28.4. The molecule has 0 aromatic carbocycles. The van der Waals surface area contributed by atoms with Gasteiger partial charge in [0, 0.05) is 0 Å². The third-order valence-electron chi connectivity index (χ3n) is 2.26. The van der Waals surface area contributed by atoms with Gasteiger partial charge < -0.3 is 4.80 Å². The van der Waals surface area contributed by atoms with Gasteiger partial charge in [-0.05, 0) is 25.1 Å². The van der Waals surface area contributed by atoms with Crippen molar-refractivity contribution in [3.05, 3.63) is 0 Å². The molecule has 0 aliphatic heterocycles. The summed E-state index contributed by atoms with van der Waals surface area (Å²) in [6.07, 6.45) is 5.54. The van der Waals surface area contributed by atoms with Crippen molar-refractivity contribution in [2.45, 2.75) is 44.8 Å². The minimum atomic E-state index is -1.72. The summed E-state index contributed by atoms with van der Waals surface area (Å²) in [6, 6.07) is 1.13. The summed E-state index contributed by atoms with van der Waals surface area (Å²) >= 11 is 0. The van der Waals surface area contributed by atoms with Gasteiger partial charge in [0.2, 0.25) is 0 Å². The summed E-state index contributed by atoms with van der Waals surface area (Å²) < 4.78 is 0. The number of hydrogen-bond acceptors (Lipinski definition) is 1. The molecule has 1 rings (SSSR count). The lowest BCUT2D eigenvalue weighted by atomic mass is 10.1. The second-order valence-corrected chi connectivity index (χ2v) is 8.20. The zero-order valence-electron chi connectivity index (χ0n) is 7.06. The van der Waals surface area contributed by atoms with Crippen molar-refractivity contribution in [2.24, 2.45) is 5.92 Å². The van der Waals surface area contributed by atoms with Crippen LogP contribution < -0.4 is 0 Å². The molecule has 0 saturated heterocycles. The predicted molar refractivity (Wildman–Crippen MR) is 46.5 cm³/mol. The first-order valence-corrected chi connectivity index (χ1v) is 7.46. The van der Waals surface area contributed by atoms with E-state index in [1.165, 1.54) is 25.7 Å². The van der Waals surface area contributed by atoms with E-state index in [2.05, 4.69) is 0 Å². The summed E-state index contributed by atoms with van der Waals surface area (Å²) in [5.74, 6) is 0.867. The van der Waals surface area contributed by atoms with E-state index in [-0.39, 0.29) is 0 Å². The second-order valence-electron chi connectivity index (χ2n) is 4.17. The summed E-state index contributed by atoms with van der Waals surface area (Å²) in [5.41, 5.74) is 0. The molecule has 1 fully saturated rings. The van der Waals surface area contributed by atoms with Crippen molar-refractivity contribution in [2.75, 3.05) is 0 Å². The van der Waals surface area contributed by atoms with Crippen LogP contribution >= 0.6 is 0 Å². The van der Waals surface area contributed by atoms with E-state index in [0.29, 0.717) is 0 Å². The fourth-order valence-corrected chi connectivity index (χ4v) is 3.74. The average Bonchev–Trinajstić information content (AvgIpc) is 2.12. The Bertz CT molecular complexity index is 100. The highest BCUT2D eigenvalue weighted by Crippen LogP contribution is 2.30. The van der Waals surface area contributed by atoms with Crippen molar-refractivity contribution >= 4 is 8.32 Å². The molecule has 10 heavy (non-hydrogen) atoms. The summed E-state index contributed by atoms with van der Waals surface area (Å²) in [7, 11) is -1.72. The van der Waals surface area contributed by atoms with Crippen LogP contribution in [0.4, 0.5) is 0 Å². The fourth-order valence-electron chi connectivity index (χ4n) is 1.92. The molecule has 0 spiro atoms. The summed E-state index contributed by atoms with van der Waals surface area (Å²) in [6.45, 7) is 4.09. The van der Waals surface area contributed by atoms with Gasteiger partial charge >= 0.3 is 0 Å². The zero-order chi connectivity index (χ0) is 7.61. The van der Waals surface area contributed by atoms with Crippen LogP contribution in [0.2, 0.25) is 19.1 Å². The molecule has 0 amide bonds. The Morgan fingerprint density at radius 3 is 2.20 bits per heavy atom. The van der Waals surface area contributed by atoms with Gasteiger partial charge in [0.25, 0.3) is 0 Å². The van der Waals surface area contributed by atoms with Crippen molar-refractivity contribution < 1.29 is 4.80 Å². The zero-order valence-corrected chi connectivity index (χ0v) is 8.06. The van der Waals surface area contributed by atoms with Gasteiger partial charge in [-0.15, -0.1) is 0 Å². The minimum absolute atomic E-state index is 0.867. The van der Waals surface area contributed by atoms with Crippen LogP contribution in [0.5, 0.6) is 0 Å². The maximum Gasteiger partial charge on any atom is 0.182 e. The maximum absolute atomic E-state index is 9.62. The first kappa shape index (κ1) is 8.28. The molecule has 0 bridgehead atoms. The quantitative estimate of drug-likeness (QED) is 0.612. The number of hydrogen-bond donors (Lipinski definition) is 1. The van der Waals surface area contributed by atoms with E-state index in [4.69, 9.17) is 0 Å². The molecule has 1 aliphatic carbocycles. The third kappa shape index (κ3) is 2.84. The standard InChI is InChI=1S/C8H18OSi/c1-10(2,9)7-8-5-3-4-6-8/h8-9H,3-7H2,1-2H3. The molecule has 0 aromatic heterocycles. The molecule has 1 nitrogen and oxygen atoms in total. The monoisotopic (exact) mass is 158 g/mol. The SMILES string of the molecule is C[Si](C)(O)CC1CCCC1. The van der Waals surface area contributed by atoms with Gasteiger partial charge in [0.05, 0.1) is 0 Å². The molecule has 0 unspecified atom stereocenters. The van der Waals surface area contributed by atoms with Gasteiger partial charge in [-0.3, -0.25) is 0 Å². The normalized spacial score (nSPS) is 21.9. The molecule has 1 aliphatic rings. The lowest BCUT2D eigenvalue weighted by molar-refractivity contribution is 0.504. The van der Waals surface area contributed by atoms with Crippen LogP contribution in [-0.4, -0.2) is 13.1 Å². The molecule has 2 heteroatoms. The van der Waals surface area contributed by atoms with Crippen LogP contribution in [0, 0.1) is 5.92 Å². The van der Waals surface area contributed by atoms with Crippen LogP contribution in [0.15, 0.2) is 0 Å². The van der Waals surface area contributed by atoms with E-state index >= 15 is 0 Å². The smallest absolute Gasteiger partial charge is 0.182 e. The van der Waals surface area contributed by atoms with Gasteiger partial charge in [-0.2, -0.15) is 0 Å². The summed E-state index contributed by atoms with van der Waals surface area (Å²) in [5, 5.41) is 0. The average molecular weight is 158 g/mol. The summed E-state index contributed by atoms with van der Waals surface area (Å²) in [4.78, 5) is 9.62. The Labute approximate surface area is 64.6 Å². The van der Waals surface area contributed by atoms with Gasteiger partial charge in [-0.25, -0.2) is 0 Å². The molecular weight excluding hydrogens is 140 g/mol. The second kappa shape index (κ2) is 3.05. The lowest BCUT2D eigenvalue weighted by Gasteiger charge is -2.18. The third-order valence-corrected chi connectivity index (χ3v) is 3.84. The first-order valence-electron chi connectivity index (χ1n) is 4.30. The molecular formula is C8H18OSi. The molecule has 0 heterocycles. The van der Waals surface area contributed by atoms with Crippen molar-refractivity contribution in [3.63, 3.8) is 0 Å². The van der Waals surface area contributed by atoms with Gasteiger partial charge in [0.15, 0.2) is 8.32 Å². The molecule has 0 aromatic rings. The maximum atomic E-state index is 9.62. The number of rotatable bonds is 2. The van der Waals surface area contributed by atoms with E-state index in [1.807, 2.05) is 13.1 Å². The van der Waals surface area contributed by atoms with E-state index < -0.39 is 8.32 Å². The minimum Gasteiger partial charge on any atom is -0.432 e. The van der Waals surface area contributed by atoms with Crippen LogP contribution in [-0.2, 0) is 0 Å². The highest BCUT2D eigenvalue weighted by molar-refractivity contribution is 6.69. The lowest BCUT2D eigenvalue weighted by Crippen LogP contribution is -2.27. The van der Waals surface area contributed by atoms with E-state index in [1.54, 1.807) is 0 Å². The fraction of sp³-hybridized carbons (Fsp3) is 1.00. The molecule has 0 atom stereocenters. The molecule has 60 valence electrons. The molecule has 1 N–H and O–H groups in total. The Morgan fingerprint density at radius 1 is 1.30 bits per heavy atom. The first-order chi connectivity index (χ1) is 4.58. The Kier molecular flexibility index (Phi) is 2.53. The van der Waals surface area contributed by atoms with E-state index in [0.717, 1.165) is 12.0 Å². The van der Waals surface area contributed by atoms with Crippen molar-refractivity contribution in [3.8, 4) is 0 Å². The Morgan fingerprint density at radius 2 is 1.80 bits per heavy atom. The van der Waals surface area contributed by atoms with Crippen molar-refractivity contribution in [1.82, 2.24) is 0 Å². The Hall–Kier alpha value is 0.177. The van der Waals surface area contributed by atoms with Gasteiger partial charge in [0.1, 0.15) is 0 Å².